The molecule has 0 bridgehead atoms. The topological polar surface area (TPSA) is 83.7 Å². The van der Waals surface area contributed by atoms with Gasteiger partial charge in [-0.25, -0.2) is 9.78 Å². The second-order valence-corrected chi connectivity index (χ2v) is 4.82. The summed E-state index contributed by atoms with van der Waals surface area (Å²) >= 11 is 0. The molecule has 0 saturated carbocycles. The zero-order valence-corrected chi connectivity index (χ0v) is 12.0. The zero-order valence-electron chi connectivity index (χ0n) is 12.0. The SMILES string of the molecule is O=C(/C=C/c1cnc2ccccn12)Nc1ccc(C(=O)O)cc1. The highest BCUT2D eigenvalue weighted by Crippen LogP contribution is 2.11. The predicted molar refractivity (Wildman–Crippen MR) is 86.3 cm³/mol. The van der Waals surface area contributed by atoms with Crippen molar-refractivity contribution in [3.8, 4) is 0 Å². The zero-order chi connectivity index (χ0) is 16.2. The maximum absolute atomic E-state index is 11.9. The van der Waals surface area contributed by atoms with Crippen molar-refractivity contribution in [2.24, 2.45) is 0 Å². The Morgan fingerprint density at radius 2 is 1.91 bits per heavy atom. The van der Waals surface area contributed by atoms with Crippen molar-refractivity contribution in [3.63, 3.8) is 0 Å². The van der Waals surface area contributed by atoms with Gasteiger partial charge < -0.3 is 14.8 Å². The van der Waals surface area contributed by atoms with Crippen LogP contribution in [-0.2, 0) is 4.79 Å². The van der Waals surface area contributed by atoms with Gasteiger partial charge in [-0.3, -0.25) is 4.79 Å². The normalized spacial score (nSPS) is 11.0. The summed E-state index contributed by atoms with van der Waals surface area (Å²) in [6.45, 7) is 0. The van der Waals surface area contributed by atoms with Crippen molar-refractivity contribution >= 4 is 29.3 Å². The fraction of sp³-hybridized carbons (Fsp3) is 0. The van der Waals surface area contributed by atoms with Gasteiger partial charge in [0.1, 0.15) is 5.65 Å². The number of aromatic carboxylic acids is 1. The number of nitrogens with one attached hydrogen (secondary N) is 1. The van der Waals surface area contributed by atoms with Crippen molar-refractivity contribution in [2.45, 2.75) is 0 Å². The van der Waals surface area contributed by atoms with Gasteiger partial charge >= 0.3 is 5.97 Å². The van der Waals surface area contributed by atoms with Crippen LogP contribution in [0.3, 0.4) is 0 Å². The number of carboxylic acids is 1. The Bertz CT molecular complexity index is 895. The number of carbonyl (C=O) groups is 2. The maximum Gasteiger partial charge on any atom is 0.335 e. The molecule has 6 nitrogen and oxygen atoms in total. The smallest absolute Gasteiger partial charge is 0.335 e. The number of hydrogen-bond donors (Lipinski definition) is 2. The molecule has 1 aromatic carbocycles. The van der Waals surface area contributed by atoms with Crippen LogP contribution in [0.2, 0.25) is 0 Å². The largest absolute Gasteiger partial charge is 0.478 e. The fourth-order valence-electron chi connectivity index (χ4n) is 2.12. The molecule has 0 spiro atoms. The Morgan fingerprint density at radius 3 is 2.65 bits per heavy atom. The molecule has 1 amide bonds. The van der Waals surface area contributed by atoms with E-state index in [0.717, 1.165) is 11.3 Å². The highest BCUT2D eigenvalue weighted by atomic mass is 16.4. The summed E-state index contributed by atoms with van der Waals surface area (Å²) in [5.74, 6) is -1.31. The van der Waals surface area contributed by atoms with Crippen molar-refractivity contribution in [1.29, 1.82) is 0 Å². The average Bonchev–Trinajstić information content (AvgIpc) is 2.97. The Hall–Kier alpha value is -3.41. The van der Waals surface area contributed by atoms with Crippen molar-refractivity contribution in [3.05, 3.63) is 72.2 Å². The maximum atomic E-state index is 11.9. The highest BCUT2D eigenvalue weighted by molar-refractivity contribution is 6.02. The standard InChI is InChI=1S/C17H13N3O3/c21-16(19-13-6-4-12(5-7-13)17(22)23)9-8-14-11-18-15-3-1-2-10-20(14)15/h1-11H,(H,19,21)(H,22,23)/b9-8+. The van der Waals surface area contributed by atoms with Crippen LogP contribution < -0.4 is 5.32 Å². The van der Waals surface area contributed by atoms with Crippen LogP contribution in [0.25, 0.3) is 11.7 Å². The van der Waals surface area contributed by atoms with Gasteiger partial charge in [-0.05, 0) is 42.5 Å². The molecule has 2 aromatic heterocycles. The lowest BCUT2D eigenvalue weighted by atomic mass is 10.2. The summed E-state index contributed by atoms with van der Waals surface area (Å²) in [5.41, 5.74) is 2.29. The number of imidazole rings is 1. The van der Waals surface area contributed by atoms with E-state index < -0.39 is 5.97 Å². The van der Waals surface area contributed by atoms with Gasteiger partial charge in [0.25, 0.3) is 0 Å². The molecule has 23 heavy (non-hydrogen) atoms. The highest BCUT2D eigenvalue weighted by Gasteiger charge is 2.03. The predicted octanol–water partition coefficient (Wildman–Crippen LogP) is 2.68. The molecule has 3 rings (SSSR count). The molecule has 0 radical (unpaired) electrons. The number of benzene rings is 1. The van der Waals surface area contributed by atoms with E-state index in [1.807, 2.05) is 28.8 Å². The van der Waals surface area contributed by atoms with Crippen LogP contribution in [0, 0.1) is 0 Å². The number of carbonyl (C=O) groups excluding carboxylic acids is 1. The van der Waals surface area contributed by atoms with Crippen molar-refractivity contribution < 1.29 is 14.7 Å². The molecule has 2 heterocycles. The van der Waals surface area contributed by atoms with E-state index in [1.165, 1.54) is 18.2 Å². The minimum atomic E-state index is -1.00. The monoisotopic (exact) mass is 307 g/mol. The summed E-state index contributed by atoms with van der Waals surface area (Å²) < 4.78 is 1.87. The molecule has 0 unspecified atom stereocenters. The quantitative estimate of drug-likeness (QED) is 0.726. The second kappa shape index (κ2) is 6.15. The third-order valence-corrected chi connectivity index (χ3v) is 3.25. The first kappa shape index (κ1) is 14.5. The van der Waals surface area contributed by atoms with Crippen LogP contribution >= 0.6 is 0 Å². The molecule has 0 fully saturated rings. The molecule has 0 aliphatic heterocycles. The summed E-state index contributed by atoms with van der Waals surface area (Å²) in [6.07, 6.45) is 6.62. The lowest BCUT2D eigenvalue weighted by Gasteiger charge is -2.02. The van der Waals surface area contributed by atoms with Gasteiger partial charge in [0.15, 0.2) is 0 Å². The summed E-state index contributed by atoms with van der Waals surface area (Å²) in [6, 6.07) is 11.6. The Kier molecular flexibility index (Phi) is 3.88. The molecule has 6 heteroatoms. The molecule has 0 aliphatic carbocycles. The van der Waals surface area contributed by atoms with Crippen molar-refractivity contribution in [1.82, 2.24) is 9.38 Å². The Labute approximate surface area is 131 Å². The van der Waals surface area contributed by atoms with E-state index in [4.69, 9.17) is 5.11 Å². The number of nitrogens with zero attached hydrogens (tertiary/aromatic N) is 2. The van der Waals surface area contributed by atoms with E-state index in [-0.39, 0.29) is 11.5 Å². The molecule has 0 aliphatic rings. The first-order valence-corrected chi connectivity index (χ1v) is 6.88. The first-order chi connectivity index (χ1) is 11.1. The second-order valence-electron chi connectivity index (χ2n) is 4.82. The summed E-state index contributed by atoms with van der Waals surface area (Å²) in [5, 5.41) is 11.5. The molecular formula is C17H13N3O3. The number of fused-ring (bicyclic) bond motifs is 1. The van der Waals surface area contributed by atoms with Crippen LogP contribution in [-0.4, -0.2) is 26.4 Å². The lowest BCUT2D eigenvalue weighted by molar-refractivity contribution is -0.111. The third-order valence-electron chi connectivity index (χ3n) is 3.25. The number of carboxylic acid groups (broad SMARTS) is 1. The molecule has 114 valence electrons. The van der Waals surface area contributed by atoms with Crippen LogP contribution in [0.4, 0.5) is 5.69 Å². The number of anilines is 1. The van der Waals surface area contributed by atoms with Gasteiger partial charge in [-0.15, -0.1) is 0 Å². The summed E-state index contributed by atoms with van der Waals surface area (Å²) in [4.78, 5) is 26.9. The Morgan fingerprint density at radius 1 is 1.13 bits per heavy atom. The Balaban J connectivity index is 1.70. The summed E-state index contributed by atoms with van der Waals surface area (Å²) in [7, 11) is 0. The number of hydrogen-bond acceptors (Lipinski definition) is 3. The number of rotatable bonds is 4. The molecule has 0 atom stereocenters. The number of amides is 1. The number of pyridine rings is 1. The van der Waals surface area contributed by atoms with Gasteiger partial charge in [0.05, 0.1) is 17.5 Å². The fourth-order valence-corrected chi connectivity index (χ4v) is 2.12. The average molecular weight is 307 g/mol. The first-order valence-electron chi connectivity index (χ1n) is 6.88. The minimum Gasteiger partial charge on any atom is -0.478 e. The van der Waals surface area contributed by atoms with E-state index in [1.54, 1.807) is 24.4 Å². The van der Waals surface area contributed by atoms with E-state index >= 15 is 0 Å². The molecular weight excluding hydrogens is 294 g/mol. The molecule has 0 saturated heterocycles. The number of aromatic nitrogens is 2. The van der Waals surface area contributed by atoms with E-state index in [9.17, 15) is 9.59 Å². The van der Waals surface area contributed by atoms with E-state index in [0.29, 0.717) is 5.69 Å². The van der Waals surface area contributed by atoms with Gasteiger partial charge in [0, 0.05) is 18.0 Å². The van der Waals surface area contributed by atoms with Gasteiger partial charge in [-0.1, -0.05) is 6.07 Å². The van der Waals surface area contributed by atoms with Gasteiger partial charge in [-0.2, -0.15) is 0 Å². The minimum absolute atomic E-state index is 0.171. The van der Waals surface area contributed by atoms with Crippen LogP contribution in [0.5, 0.6) is 0 Å². The molecule has 2 N–H and O–H groups in total. The van der Waals surface area contributed by atoms with E-state index in [2.05, 4.69) is 10.3 Å². The van der Waals surface area contributed by atoms with Gasteiger partial charge in [0.2, 0.25) is 5.91 Å². The van der Waals surface area contributed by atoms with Crippen molar-refractivity contribution in [2.75, 3.05) is 5.32 Å². The lowest BCUT2D eigenvalue weighted by Crippen LogP contribution is -2.08. The van der Waals surface area contributed by atoms with Crippen LogP contribution in [0.15, 0.2) is 60.9 Å². The third kappa shape index (κ3) is 3.26. The van der Waals surface area contributed by atoms with Crippen LogP contribution in [0.1, 0.15) is 16.1 Å². The molecule has 3 aromatic rings.